The smallest absolute Gasteiger partial charge is 0.268 e. The molecule has 0 fully saturated rings. The van der Waals surface area contributed by atoms with Gasteiger partial charge in [0.2, 0.25) is 0 Å². The largest absolute Gasteiger partial charge is 0.284 e. The monoisotopic (exact) mass is 238 g/mol. The van der Waals surface area contributed by atoms with E-state index in [0.29, 0.717) is 0 Å². The van der Waals surface area contributed by atoms with E-state index < -0.39 is 0 Å². The third-order valence-corrected chi connectivity index (χ3v) is 2.91. The summed E-state index contributed by atoms with van der Waals surface area (Å²) in [5.41, 5.74) is 1.99. The number of aromatic nitrogens is 2. The minimum Gasteiger partial charge on any atom is -0.284 e. The van der Waals surface area contributed by atoms with Gasteiger partial charge in [0.1, 0.15) is 0 Å². The SMILES string of the molecule is CCCc1c(C(C)(C)C)c(=O)[nH]n1C(C)(C)C. The van der Waals surface area contributed by atoms with E-state index in [-0.39, 0.29) is 16.5 Å². The van der Waals surface area contributed by atoms with Crippen LogP contribution in [0.25, 0.3) is 0 Å². The molecular formula is C14H26N2O. The maximum atomic E-state index is 12.2. The van der Waals surface area contributed by atoms with Crippen LogP contribution in [0.2, 0.25) is 0 Å². The van der Waals surface area contributed by atoms with Crippen molar-refractivity contribution >= 4 is 0 Å². The van der Waals surface area contributed by atoms with Crippen LogP contribution in [0.3, 0.4) is 0 Å². The van der Waals surface area contributed by atoms with Crippen LogP contribution in [0.4, 0.5) is 0 Å². The van der Waals surface area contributed by atoms with E-state index in [2.05, 4.69) is 53.6 Å². The Morgan fingerprint density at radius 1 is 1.12 bits per heavy atom. The van der Waals surface area contributed by atoms with Crippen molar-refractivity contribution in [3.8, 4) is 0 Å². The summed E-state index contributed by atoms with van der Waals surface area (Å²) in [5.74, 6) is 0. The van der Waals surface area contributed by atoms with Gasteiger partial charge >= 0.3 is 0 Å². The van der Waals surface area contributed by atoms with Crippen molar-refractivity contribution in [1.29, 1.82) is 0 Å². The summed E-state index contributed by atoms with van der Waals surface area (Å²) < 4.78 is 2.04. The van der Waals surface area contributed by atoms with E-state index in [1.807, 2.05) is 4.68 Å². The van der Waals surface area contributed by atoms with E-state index in [1.54, 1.807) is 0 Å². The second-order valence-corrected chi connectivity index (χ2v) is 6.77. The fourth-order valence-electron chi connectivity index (χ4n) is 2.29. The first-order chi connectivity index (χ1) is 7.59. The summed E-state index contributed by atoms with van der Waals surface area (Å²) in [5, 5.41) is 3.01. The van der Waals surface area contributed by atoms with Gasteiger partial charge in [-0.15, -0.1) is 0 Å². The standard InChI is InChI=1S/C14H26N2O/c1-8-9-10-11(13(2,3)4)12(17)15-16(10)14(5,6)7/h8-9H2,1-7H3,(H,15,17). The Morgan fingerprint density at radius 2 is 1.65 bits per heavy atom. The van der Waals surface area contributed by atoms with Gasteiger partial charge in [0.25, 0.3) is 5.56 Å². The minimum absolute atomic E-state index is 0.0656. The van der Waals surface area contributed by atoms with Crippen LogP contribution in [0.5, 0.6) is 0 Å². The lowest BCUT2D eigenvalue weighted by Crippen LogP contribution is -2.26. The molecule has 0 bridgehead atoms. The number of nitrogens with zero attached hydrogens (tertiary/aromatic N) is 1. The summed E-state index contributed by atoms with van der Waals surface area (Å²) >= 11 is 0. The fourth-order valence-corrected chi connectivity index (χ4v) is 2.29. The quantitative estimate of drug-likeness (QED) is 0.844. The molecule has 0 saturated heterocycles. The Bertz CT molecular complexity index is 438. The first-order valence-corrected chi connectivity index (χ1v) is 6.44. The van der Waals surface area contributed by atoms with Crippen LogP contribution in [0.15, 0.2) is 4.79 Å². The molecule has 0 unspecified atom stereocenters. The summed E-state index contributed by atoms with van der Waals surface area (Å²) in [7, 11) is 0. The summed E-state index contributed by atoms with van der Waals surface area (Å²) in [6.45, 7) is 14.8. The van der Waals surface area contributed by atoms with Gasteiger partial charge in [0.05, 0.1) is 5.54 Å². The van der Waals surface area contributed by atoms with E-state index in [1.165, 1.54) is 0 Å². The van der Waals surface area contributed by atoms with Gasteiger partial charge < -0.3 is 0 Å². The molecular weight excluding hydrogens is 212 g/mol. The van der Waals surface area contributed by atoms with Crippen molar-refractivity contribution in [1.82, 2.24) is 9.78 Å². The third kappa shape index (κ3) is 2.82. The number of hydrogen-bond donors (Lipinski definition) is 1. The zero-order valence-electron chi connectivity index (χ0n) is 12.3. The number of H-pyrrole nitrogens is 1. The lowest BCUT2D eigenvalue weighted by molar-refractivity contribution is 0.340. The van der Waals surface area contributed by atoms with E-state index in [0.717, 1.165) is 24.1 Å². The normalized spacial score (nSPS) is 13.1. The Kier molecular flexibility index (Phi) is 3.60. The molecule has 1 aromatic rings. The van der Waals surface area contributed by atoms with Gasteiger partial charge in [-0.25, -0.2) is 0 Å². The van der Waals surface area contributed by atoms with Crippen LogP contribution in [-0.4, -0.2) is 9.78 Å². The lowest BCUT2D eigenvalue weighted by atomic mass is 9.86. The zero-order chi connectivity index (χ0) is 13.4. The minimum atomic E-state index is -0.103. The van der Waals surface area contributed by atoms with Crippen molar-refractivity contribution < 1.29 is 0 Å². The van der Waals surface area contributed by atoms with Gasteiger partial charge in [0, 0.05) is 11.3 Å². The number of hydrogen-bond acceptors (Lipinski definition) is 1. The van der Waals surface area contributed by atoms with Crippen LogP contribution in [0, 0.1) is 0 Å². The molecule has 0 spiro atoms. The molecule has 3 nitrogen and oxygen atoms in total. The van der Waals surface area contributed by atoms with Gasteiger partial charge in [0.15, 0.2) is 0 Å². The predicted octanol–water partition coefficient (Wildman–Crippen LogP) is 3.18. The Balaban J connectivity index is 3.52. The molecule has 0 radical (unpaired) electrons. The van der Waals surface area contributed by atoms with E-state index in [4.69, 9.17) is 0 Å². The Labute approximate surface area is 104 Å². The van der Waals surface area contributed by atoms with Gasteiger partial charge in [-0.05, 0) is 32.6 Å². The van der Waals surface area contributed by atoms with Crippen LogP contribution in [-0.2, 0) is 17.4 Å². The molecule has 1 heterocycles. The molecule has 0 aliphatic rings. The molecule has 1 rings (SSSR count). The molecule has 0 atom stereocenters. The van der Waals surface area contributed by atoms with Gasteiger partial charge in [-0.1, -0.05) is 34.1 Å². The highest BCUT2D eigenvalue weighted by atomic mass is 16.1. The summed E-state index contributed by atoms with van der Waals surface area (Å²) in [6.07, 6.45) is 2.00. The van der Waals surface area contributed by atoms with Crippen LogP contribution in [0.1, 0.15) is 66.1 Å². The highest BCUT2D eigenvalue weighted by molar-refractivity contribution is 5.27. The van der Waals surface area contributed by atoms with E-state index >= 15 is 0 Å². The highest BCUT2D eigenvalue weighted by Gasteiger charge is 2.28. The molecule has 0 saturated carbocycles. The maximum Gasteiger partial charge on any atom is 0.268 e. The molecule has 0 aromatic carbocycles. The molecule has 0 aliphatic carbocycles. The number of nitrogens with one attached hydrogen (secondary N) is 1. The average Bonchev–Trinajstić information content (AvgIpc) is 2.41. The molecule has 17 heavy (non-hydrogen) atoms. The Morgan fingerprint density at radius 3 is 2.00 bits per heavy atom. The fraction of sp³-hybridized carbons (Fsp3) is 0.786. The topological polar surface area (TPSA) is 37.8 Å². The highest BCUT2D eigenvalue weighted by Crippen LogP contribution is 2.26. The van der Waals surface area contributed by atoms with Crippen molar-refractivity contribution in [3.05, 3.63) is 21.6 Å². The Hall–Kier alpha value is -0.990. The predicted molar refractivity (Wildman–Crippen MR) is 72.7 cm³/mol. The van der Waals surface area contributed by atoms with Crippen LogP contribution >= 0.6 is 0 Å². The second-order valence-electron chi connectivity index (χ2n) is 6.77. The molecule has 0 amide bonds. The molecule has 3 heteroatoms. The summed E-state index contributed by atoms with van der Waals surface area (Å²) in [6, 6.07) is 0. The molecule has 0 aliphatic heterocycles. The lowest BCUT2D eigenvalue weighted by Gasteiger charge is -2.25. The van der Waals surface area contributed by atoms with Gasteiger partial charge in [-0.3, -0.25) is 14.6 Å². The third-order valence-electron chi connectivity index (χ3n) is 2.91. The van der Waals surface area contributed by atoms with Crippen LogP contribution < -0.4 is 5.56 Å². The zero-order valence-corrected chi connectivity index (χ0v) is 12.3. The van der Waals surface area contributed by atoms with Crippen molar-refractivity contribution in [2.45, 2.75) is 72.3 Å². The molecule has 1 aromatic heterocycles. The summed E-state index contributed by atoms with van der Waals surface area (Å²) in [4.78, 5) is 12.2. The van der Waals surface area contributed by atoms with Crippen molar-refractivity contribution in [3.63, 3.8) is 0 Å². The second kappa shape index (κ2) is 4.35. The van der Waals surface area contributed by atoms with Gasteiger partial charge in [-0.2, -0.15) is 0 Å². The molecule has 98 valence electrons. The molecule has 1 N–H and O–H groups in total. The number of aromatic amines is 1. The van der Waals surface area contributed by atoms with Crippen molar-refractivity contribution in [2.24, 2.45) is 0 Å². The first-order valence-electron chi connectivity index (χ1n) is 6.44. The number of rotatable bonds is 2. The maximum absolute atomic E-state index is 12.2. The van der Waals surface area contributed by atoms with E-state index in [9.17, 15) is 4.79 Å². The first kappa shape index (κ1) is 14.1. The van der Waals surface area contributed by atoms with Crippen molar-refractivity contribution in [2.75, 3.05) is 0 Å². The average molecular weight is 238 g/mol.